The lowest BCUT2D eigenvalue weighted by Gasteiger charge is -2.14. The molecule has 7 nitrogen and oxygen atoms in total. The van der Waals surface area contributed by atoms with Gasteiger partial charge in [0.1, 0.15) is 16.4 Å². The highest BCUT2D eigenvalue weighted by molar-refractivity contribution is 8.18. The number of hydrogen-bond acceptors (Lipinski definition) is 8. The summed E-state index contributed by atoms with van der Waals surface area (Å²) in [6.07, 6.45) is 1.67. The summed E-state index contributed by atoms with van der Waals surface area (Å²) in [5, 5.41) is 11.7. The molecule has 0 radical (unpaired) electrons. The minimum absolute atomic E-state index is 0.0202. The summed E-state index contributed by atoms with van der Waals surface area (Å²) in [5.41, 5.74) is 1.17. The molecule has 2 aromatic rings. The summed E-state index contributed by atoms with van der Waals surface area (Å²) in [7, 11) is 5.78. The Morgan fingerprint density at radius 1 is 1.00 bits per heavy atom. The molecule has 0 aliphatic carbocycles. The van der Waals surface area contributed by atoms with Crippen LogP contribution in [0.5, 0.6) is 17.2 Å². The Labute approximate surface area is 188 Å². The van der Waals surface area contributed by atoms with Gasteiger partial charge in [0.2, 0.25) is 5.75 Å². The Morgan fingerprint density at radius 3 is 2.26 bits per heavy atom. The molecule has 2 aromatic carbocycles. The molecule has 0 amide bonds. The van der Waals surface area contributed by atoms with Gasteiger partial charge < -0.3 is 24.1 Å². The molecule has 1 aliphatic heterocycles. The summed E-state index contributed by atoms with van der Waals surface area (Å²) in [6.45, 7) is 0. The van der Waals surface area contributed by atoms with Crippen molar-refractivity contribution in [2.24, 2.45) is 4.99 Å². The molecular weight excluding hydrogens is 442 g/mol. The second kappa shape index (κ2) is 9.80. The zero-order valence-corrected chi connectivity index (χ0v) is 18.8. The number of benzene rings is 2. The van der Waals surface area contributed by atoms with Gasteiger partial charge in [-0.1, -0.05) is 23.4 Å². The van der Waals surface area contributed by atoms with Crippen LogP contribution >= 0.6 is 23.4 Å². The van der Waals surface area contributed by atoms with Crippen LogP contribution in [-0.2, 0) is 9.53 Å². The van der Waals surface area contributed by atoms with Crippen molar-refractivity contribution in [3.63, 3.8) is 0 Å². The fourth-order valence-electron chi connectivity index (χ4n) is 2.90. The highest BCUT2D eigenvalue weighted by Gasteiger charge is 2.33. The summed E-state index contributed by atoms with van der Waals surface area (Å²) in [6, 6.07) is 10.3. The third-order valence-corrected chi connectivity index (χ3v) is 5.63. The van der Waals surface area contributed by atoms with E-state index in [1.165, 1.54) is 28.4 Å². The number of nitrogens with zero attached hydrogens (tertiary/aromatic N) is 1. The molecule has 0 saturated heterocycles. The molecule has 0 unspecified atom stereocenters. The van der Waals surface area contributed by atoms with E-state index in [1.807, 2.05) is 0 Å². The predicted octanol–water partition coefficient (Wildman–Crippen LogP) is 5.17. The maximum absolute atomic E-state index is 12.3. The van der Waals surface area contributed by atoms with Crippen LogP contribution in [0.1, 0.15) is 5.56 Å². The van der Waals surface area contributed by atoms with E-state index in [4.69, 9.17) is 30.5 Å². The van der Waals surface area contributed by atoms with Crippen LogP contribution in [0.2, 0.25) is 5.02 Å². The van der Waals surface area contributed by atoms with Gasteiger partial charge >= 0.3 is 5.97 Å². The minimum Gasteiger partial charge on any atom is -0.506 e. The van der Waals surface area contributed by atoms with E-state index < -0.39 is 5.97 Å². The average Bonchev–Trinajstić information content (AvgIpc) is 3.08. The first-order valence-corrected chi connectivity index (χ1v) is 10.2. The van der Waals surface area contributed by atoms with Gasteiger partial charge in [-0.3, -0.25) is 0 Å². The maximum atomic E-state index is 12.3. The van der Waals surface area contributed by atoms with Crippen LogP contribution in [0, 0.1) is 0 Å². The van der Waals surface area contributed by atoms with Gasteiger partial charge in [0.05, 0.1) is 39.0 Å². The highest BCUT2D eigenvalue weighted by Crippen LogP contribution is 2.44. The van der Waals surface area contributed by atoms with Crippen LogP contribution in [0.4, 0.5) is 5.69 Å². The number of aliphatic imine (C=N–C) groups is 1. The Hall–Kier alpha value is -3.10. The van der Waals surface area contributed by atoms with Crippen LogP contribution in [-0.4, -0.2) is 44.6 Å². The number of aliphatic hydroxyl groups excluding tert-OH is 1. The molecule has 162 valence electrons. The lowest BCUT2D eigenvalue weighted by molar-refractivity contribution is -0.135. The first-order chi connectivity index (χ1) is 14.9. The summed E-state index contributed by atoms with van der Waals surface area (Å²) >= 11 is 7.06. The van der Waals surface area contributed by atoms with Gasteiger partial charge in [0.15, 0.2) is 11.5 Å². The molecular formula is C22H20ClNO6S. The van der Waals surface area contributed by atoms with Crippen molar-refractivity contribution in [3.05, 3.63) is 63.2 Å². The predicted molar refractivity (Wildman–Crippen MR) is 122 cm³/mol. The molecule has 9 heteroatoms. The highest BCUT2D eigenvalue weighted by atomic mass is 35.5. The topological polar surface area (TPSA) is 86.6 Å². The lowest BCUT2D eigenvalue weighted by Crippen LogP contribution is -2.10. The number of carbonyl (C=O) groups is 1. The molecule has 0 bridgehead atoms. The number of aliphatic hydroxyl groups is 1. The van der Waals surface area contributed by atoms with E-state index in [9.17, 15) is 9.90 Å². The van der Waals surface area contributed by atoms with Gasteiger partial charge in [-0.05, 0) is 42.5 Å². The number of halogens is 1. The average molecular weight is 462 g/mol. The fraction of sp³-hybridized carbons (Fsp3) is 0.182. The molecule has 0 saturated carbocycles. The zero-order valence-electron chi connectivity index (χ0n) is 17.3. The summed E-state index contributed by atoms with van der Waals surface area (Å²) in [5.74, 6) is 0.405. The first kappa shape index (κ1) is 22.6. The Kier molecular flexibility index (Phi) is 7.14. The zero-order chi connectivity index (χ0) is 22.5. The third-order valence-electron chi connectivity index (χ3n) is 4.36. The normalized spacial score (nSPS) is 16.0. The molecule has 0 fully saturated rings. The van der Waals surface area contributed by atoms with Crippen molar-refractivity contribution >= 4 is 46.1 Å². The maximum Gasteiger partial charge on any atom is 0.344 e. The van der Waals surface area contributed by atoms with E-state index in [2.05, 4.69) is 4.99 Å². The van der Waals surface area contributed by atoms with Crippen molar-refractivity contribution in [2.75, 3.05) is 28.4 Å². The number of methoxy groups -OCH3 is 4. The molecule has 0 spiro atoms. The number of hydrogen-bond donors (Lipinski definition) is 1. The number of carbonyl (C=O) groups excluding carboxylic acids is 1. The van der Waals surface area contributed by atoms with E-state index >= 15 is 0 Å². The molecule has 1 aliphatic rings. The summed E-state index contributed by atoms with van der Waals surface area (Å²) in [4.78, 5) is 17.2. The smallest absolute Gasteiger partial charge is 0.344 e. The molecule has 0 atom stereocenters. The van der Waals surface area contributed by atoms with Gasteiger partial charge in [0, 0.05) is 10.6 Å². The largest absolute Gasteiger partial charge is 0.506 e. The van der Waals surface area contributed by atoms with Crippen molar-refractivity contribution in [3.8, 4) is 17.2 Å². The number of thioether (sulfide) groups is 1. The third kappa shape index (κ3) is 4.65. The Balaban J connectivity index is 2.10. The fourth-order valence-corrected chi connectivity index (χ4v) is 4.05. The molecule has 1 N–H and O–H groups in total. The van der Waals surface area contributed by atoms with Crippen LogP contribution < -0.4 is 14.2 Å². The molecule has 1 heterocycles. The van der Waals surface area contributed by atoms with Crippen molar-refractivity contribution in [2.45, 2.75) is 0 Å². The molecule has 31 heavy (non-hydrogen) atoms. The second-order valence-electron chi connectivity index (χ2n) is 6.14. The Morgan fingerprint density at radius 2 is 1.68 bits per heavy atom. The van der Waals surface area contributed by atoms with Crippen molar-refractivity contribution < 1.29 is 28.8 Å². The standard InChI is InChI=1S/C22H20ClNO6S/c1-27-15-10-5-12(19(28-2)20(15)29-3)11-16-18(25)17(22(26)30-4)21(31-16)24-14-8-6-13(23)7-9-14/h5-11,25H,1-4H3/b16-11+,24-21?. The van der Waals surface area contributed by atoms with Gasteiger partial charge in [-0.2, -0.15) is 0 Å². The van der Waals surface area contributed by atoms with Crippen molar-refractivity contribution in [1.82, 2.24) is 0 Å². The summed E-state index contributed by atoms with van der Waals surface area (Å²) < 4.78 is 21.0. The van der Waals surface area contributed by atoms with E-state index in [-0.39, 0.29) is 11.3 Å². The SMILES string of the molecule is COC(=O)C1=C(O)/C(=C\c2ccc(OC)c(OC)c2OC)SC1=Nc1ccc(Cl)cc1. The quantitative estimate of drug-likeness (QED) is 0.594. The van der Waals surface area contributed by atoms with Crippen LogP contribution in [0.15, 0.2) is 57.6 Å². The van der Waals surface area contributed by atoms with Crippen molar-refractivity contribution in [1.29, 1.82) is 0 Å². The van der Waals surface area contributed by atoms with Gasteiger partial charge in [-0.25, -0.2) is 9.79 Å². The van der Waals surface area contributed by atoms with Crippen LogP contribution in [0.25, 0.3) is 6.08 Å². The lowest BCUT2D eigenvalue weighted by atomic mass is 10.1. The number of rotatable bonds is 6. The van der Waals surface area contributed by atoms with Gasteiger partial charge in [-0.15, -0.1) is 0 Å². The first-order valence-electron chi connectivity index (χ1n) is 8.98. The Bertz CT molecular complexity index is 1090. The minimum atomic E-state index is -0.694. The van der Waals surface area contributed by atoms with E-state index in [1.54, 1.807) is 42.5 Å². The molecule has 0 aromatic heterocycles. The van der Waals surface area contributed by atoms with Crippen LogP contribution in [0.3, 0.4) is 0 Å². The monoisotopic (exact) mass is 461 g/mol. The van der Waals surface area contributed by atoms with Gasteiger partial charge in [0.25, 0.3) is 0 Å². The second-order valence-corrected chi connectivity index (χ2v) is 7.61. The molecule has 3 rings (SSSR count). The van der Waals surface area contributed by atoms with E-state index in [0.717, 1.165) is 11.8 Å². The number of esters is 1. The van der Waals surface area contributed by atoms with E-state index in [0.29, 0.717) is 43.5 Å². The number of ether oxygens (including phenoxy) is 4.